The maximum absolute atomic E-state index is 14.5. The molecule has 5 rings (SSSR count). The summed E-state index contributed by atoms with van der Waals surface area (Å²) >= 11 is 0. The van der Waals surface area contributed by atoms with Crippen LogP contribution in [0, 0.1) is 12.7 Å². The molecule has 188 valence electrons. The van der Waals surface area contributed by atoms with Gasteiger partial charge in [0.05, 0.1) is 28.9 Å². The molecule has 0 fully saturated rings. The van der Waals surface area contributed by atoms with Crippen molar-refractivity contribution in [1.29, 1.82) is 0 Å². The molecule has 0 saturated heterocycles. The van der Waals surface area contributed by atoms with E-state index >= 15 is 0 Å². The number of amides is 2. The van der Waals surface area contributed by atoms with E-state index in [0.29, 0.717) is 40.9 Å². The number of imidazole rings is 1. The number of fused-ring (bicyclic) bond motifs is 2. The van der Waals surface area contributed by atoms with E-state index in [1.807, 2.05) is 32.9 Å². The second-order valence-electron chi connectivity index (χ2n) is 9.81. The van der Waals surface area contributed by atoms with E-state index in [1.165, 1.54) is 21.2 Å². The number of aryl methyl sites for hydroxylation is 1. The Balaban J connectivity index is 1.41. The summed E-state index contributed by atoms with van der Waals surface area (Å²) < 4.78 is 23.0. The number of aromatic nitrogens is 4. The second-order valence-corrected chi connectivity index (χ2v) is 9.81. The molecular weight excluding hydrogens is 475 g/mol. The van der Waals surface area contributed by atoms with Crippen LogP contribution in [-0.4, -0.2) is 54.3 Å². The van der Waals surface area contributed by atoms with Crippen LogP contribution >= 0.6 is 0 Å². The van der Waals surface area contributed by atoms with Crippen LogP contribution in [0.3, 0.4) is 0 Å². The molecule has 0 atom stereocenters. The predicted octanol–water partition coefficient (Wildman–Crippen LogP) is 4.78. The molecule has 1 aliphatic rings. The van der Waals surface area contributed by atoms with Crippen molar-refractivity contribution in [1.82, 2.24) is 19.4 Å². The number of rotatable bonds is 3. The van der Waals surface area contributed by atoms with E-state index in [4.69, 9.17) is 4.74 Å². The van der Waals surface area contributed by atoms with Crippen LogP contribution in [0.15, 0.2) is 49.1 Å². The highest BCUT2D eigenvalue weighted by Crippen LogP contribution is 2.28. The molecule has 1 N–H and O–H groups in total. The number of benzene rings is 1. The number of allylic oxidation sites excluding steroid dienone is 1. The van der Waals surface area contributed by atoms with Gasteiger partial charge in [0, 0.05) is 36.4 Å². The lowest BCUT2D eigenvalue weighted by molar-refractivity contribution is -0.437. The number of carbonyl (C=O) groups excluding carboxylic acids is 2. The fourth-order valence-electron chi connectivity index (χ4n) is 4.21. The van der Waals surface area contributed by atoms with Crippen molar-refractivity contribution in [2.45, 2.75) is 39.7 Å². The highest BCUT2D eigenvalue weighted by Gasteiger charge is 2.28. The lowest BCUT2D eigenvalue weighted by Crippen LogP contribution is -2.32. The number of halogens is 1. The van der Waals surface area contributed by atoms with Crippen LogP contribution in [0.5, 0.6) is 0 Å². The van der Waals surface area contributed by atoms with Gasteiger partial charge >= 0.3 is 6.09 Å². The zero-order chi connectivity index (χ0) is 26.3. The molecule has 0 radical (unpaired) electrons. The van der Waals surface area contributed by atoms with E-state index in [-0.39, 0.29) is 5.65 Å². The van der Waals surface area contributed by atoms with Gasteiger partial charge in [-0.3, -0.25) is 14.8 Å². The molecule has 0 aliphatic carbocycles. The Hall–Kier alpha value is -4.47. The smallest absolute Gasteiger partial charge is 0.406 e. The highest BCUT2D eigenvalue weighted by molar-refractivity contribution is 6.12. The standard InChI is InChI=1S/C27H25FN6O3/c1-16-14-34-15-18(13-21(28)24(34)31-16)32-25(35)20-6-5-19(22-23(20)30-10-9-29-22)17-7-11-33(12-8-17)26(36)37-27(2,3)4/h5-7,9-10,12-15H,8,11H2,1-4H3/p+1. The quantitative estimate of drug-likeness (QED) is 0.406. The monoisotopic (exact) mass is 501 g/mol. The Morgan fingerprint density at radius 2 is 1.89 bits per heavy atom. The first kappa shape index (κ1) is 24.2. The number of pyridine rings is 1. The number of nitrogens with zero attached hydrogens (tertiary/aromatic N) is 5. The first-order chi connectivity index (χ1) is 17.6. The molecule has 0 unspecified atom stereocenters. The summed E-state index contributed by atoms with van der Waals surface area (Å²) in [6.07, 6.45) is 10.2. The Morgan fingerprint density at radius 1 is 1.14 bits per heavy atom. The van der Waals surface area contributed by atoms with E-state index in [1.54, 1.807) is 37.8 Å². The normalized spacial score (nSPS) is 13.9. The number of hydrogen-bond acceptors (Lipinski definition) is 6. The molecule has 0 saturated carbocycles. The van der Waals surface area contributed by atoms with Crippen LogP contribution in [0.25, 0.3) is 22.3 Å². The van der Waals surface area contributed by atoms with Crippen molar-refractivity contribution in [3.8, 4) is 0 Å². The molecule has 3 aromatic heterocycles. The maximum atomic E-state index is 14.5. The average molecular weight is 502 g/mol. The Bertz CT molecular complexity index is 1630. The number of carbonyl (C=O) groups is 2. The van der Waals surface area contributed by atoms with Gasteiger partial charge in [-0.05, 0) is 45.4 Å². The molecular formula is C27H26FN6O3+. The third kappa shape index (κ3) is 4.95. The fourth-order valence-corrected chi connectivity index (χ4v) is 4.21. The fraction of sp³-hybridized carbons (Fsp3) is 0.259. The zero-order valence-electron chi connectivity index (χ0n) is 20.9. The Kier molecular flexibility index (Phi) is 6.02. The van der Waals surface area contributed by atoms with Gasteiger partial charge in [0.25, 0.3) is 5.91 Å². The number of ether oxygens (including phenoxy) is 1. The van der Waals surface area contributed by atoms with Gasteiger partial charge < -0.3 is 14.5 Å². The molecule has 37 heavy (non-hydrogen) atoms. The van der Waals surface area contributed by atoms with Crippen molar-refractivity contribution >= 4 is 46.2 Å². The van der Waals surface area contributed by atoms with Gasteiger partial charge in [0.2, 0.25) is 0 Å². The molecule has 1 aromatic carbocycles. The van der Waals surface area contributed by atoms with Crippen LogP contribution in [-0.2, 0) is 4.74 Å². The van der Waals surface area contributed by atoms with Gasteiger partial charge in [0.15, 0.2) is 24.2 Å². The summed E-state index contributed by atoms with van der Waals surface area (Å²) in [5.74, 6) is -0.972. The molecule has 1 aliphatic heterocycles. The zero-order valence-corrected chi connectivity index (χ0v) is 20.9. The number of nitrogens with one attached hydrogen (secondary N) is 1. The summed E-state index contributed by atoms with van der Waals surface area (Å²) in [5.41, 5.74) is 3.65. The minimum atomic E-state index is -0.577. The summed E-state index contributed by atoms with van der Waals surface area (Å²) in [7, 11) is 0. The molecule has 2 amide bonds. The van der Waals surface area contributed by atoms with Gasteiger partial charge in [-0.15, -0.1) is 4.58 Å². The number of anilines is 1. The SMILES string of the molecule is Cc1cn2cc(NC(=O)c3ccc(C4=CC[N+](C(=O)OC(C)(C)C)=CC4)c4nccnc34)cc(F)c2n1. The molecule has 4 heterocycles. The third-order valence-electron chi connectivity index (χ3n) is 5.79. The predicted molar refractivity (Wildman–Crippen MR) is 137 cm³/mol. The van der Waals surface area contributed by atoms with E-state index in [0.717, 1.165) is 11.1 Å². The number of hydrogen-bond donors (Lipinski definition) is 1. The Labute approximate surface area is 212 Å². The summed E-state index contributed by atoms with van der Waals surface area (Å²) in [4.78, 5) is 38.6. The van der Waals surface area contributed by atoms with Crippen molar-refractivity contribution in [3.63, 3.8) is 0 Å². The third-order valence-corrected chi connectivity index (χ3v) is 5.79. The second kappa shape index (κ2) is 9.20. The average Bonchev–Trinajstić information content (AvgIpc) is 3.23. The van der Waals surface area contributed by atoms with Crippen molar-refractivity contribution in [2.24, 2.45) is 0 Å². The van der Waals surface area contributed by atoms with Crippen molar-refractivity contribution in [2.75, 3.05) is 11.9 Å². The lowest BCUT2D eigenvalue weighted by atomic mass is 9.97. The van der Waals surface area contributed by atoms with Gasteiger partial charge in [0.1, 0.15) is 11.1 Å². The minimum absolute atomic E-state index is 0.193. The largest absolute Gasteiger partial charge is 0.596 e. The minimum Gasteiger partial charge on any atom is -0.406 e. The van der Waals surface area contributed by atoms with Crippen molar-refractivity contribution in [3.05, 3.63) is 71.7 Å². The van der Waals surface area contributed by atoms with Crippen LogP contribution < -0.4 is 5.32 Å². The molecule has 0 bridgehead atoms. The topological polar surface area (TPSA) is 101 Å². The van der Waals surface area contributed by atoms with E-state index in [2.05, 4.69) is 20.3 Å². The lowest BCUT2D eigenvalue weighted by Gasteiger charge is -2.18. The summed E-state index contributed by atoms with van der Waals surface area (Å²) in [6.45, 7) is 7.60. The first-order valence-electron chi connectivity index (χ1n) is 11.8. The van der Waals surface area contributed by atoms with Gasteiger partial charge in [-0.2, -0.15) is 4.79 Å². The summed E-state index contributed by atoms with van der Waals surface area (Å²) in [6, 6.07) is 4.73. The molecule has 9 nitrogen and oxygen atoms in total. The molecule has 0 spiro atoms. The van der Waals surface area contributed by atoms with Crippen LogP contribution in [0.4, 0.5) is 14.9 Å². The molecule has 4 aromatic rings. The van der Waals surface area contributed by atoms with Crippen molar-refractivity contribution < 1.29 is 23.3 Å². The maximum Gasteiger partial charge on any atom is 0.596 e. The van der Waals surface area contributed by atoms with Gasteiger partial charge in [-0.1, -0.05) is 6.07 Å². The van der Waals surface area contributed by atoms with Crippen LogP contribution in [0.1, 0.15) is 48.8 Å². The first-order valence-corrected chi connectivity index (χ1v) is 11.8. The van der Waals surface area contributed by atoms with Crippen LogP contribution in [0.2, 0.25) is 0 Å². The van der Waals surface area contributed by atoms with E-state index < -0.39 is 23.4 Å². The molecule has 10 heteroatoms. The highest BCUT2D eigenvalue weighted by atomic mass is 19.1. The van der Waals surface area contributed by atoms with Gasteiger partial charge in [-0.25, -0.2) is 9.37 Å². The summed E-state index contributed by atoms with van der Waals surface area (Å²) in [5, 5.41) is 2.75. The van der Waals surface area contributed by atoms with E-state index in [9.17, 15) is 14.0 Å². The Morgan fingerprint density at radius 3 is 2.59 bits per heavy atom.